The van der Waals surface area contributed by atoms with Crippen molar-refractivity contribution in [1.82, 2.24) is 4.90 Å². The number of aryl methyl sites for hydroxylation is 2. The molecule has 0 saturated heterocycles. The molecule has 8 heteroatoms. The van der Waals surface area contributed by atoms with E-state index in [4.69, 9.17) is 0 Å². The average Bonchev–Trinajstić information content (AvgIpc) is 2.68. The van der Waals surface area contributed by atoms with Crippen LogP contribution >= 0.6 is 0 Å². The number of hydrogen-bond acceptors (Lipinski definition) is 4. The molecule has 0 N–H and O–H groups in total. The smallest absolute Gasteiger partial charge is 0.376 e. The molecular weight excluding hydrogens is 403 g/mol. The van der Waals surface area contributed by atoms with Crippen molar-refractivity contribution in [3.05, 3.63) is 53.6 Å². The van der Waals surface area contributed by atoms with E-state index < -0.39 is 15.6 Å². The fraction of sp³-hybridized carbons (Fsp3) is 0.429. The quantitative estimate of drug-likeness (QED) is 0.494. The van der Waals surface area contributed by atoms with Crippen molar-refractivity contribution < 1.29 is 25.8 Å². The van der Waals surface area contributed by atoms with Gasteiger partial charge in [-0.25, -0.2) is 0 Å². The Bertz CT molecular complexity index is 917. The highest BCUT2D eigenvalue weighted by Gasteiger charge is 2.48. The van der Waals surface area contributed by atoms with Crippen LogP contribution in [0.25, 0.3) is 11.1 Å². The van der Waals surface area contributed by atoms with Gasteiger partial charge >= 0.3 is 15.6 Å². The van der Waals surface area contributed by atoms with Gasteiger partial charge in [0.1, 0.15) is 5.75 Å². The zero-order valence-electron chi connectivity index (χ0n) is 16.8. The van der Waals surface area contributed by atoms with Crippen molar-refractivity contribution in [3.63, 3.8) is 0 Å². The second kappa shape index (κ2) is 9.63. The van der Waals surface area contributed by atoms with E-state index >= 15 is 0 Å². The van der Waals surface area contributed by atoms with E-state index in [1.165, 1.54) is 31.8 Å². The van der Waals surface area contributed by atoms with Crippen molar-refractivity contribution in [3.8, 4) is 16.9 Å². The van der Waals surface area contributed by atoms with E-state index in [2.05, 4.69) is 29.9 Å². The van der Waals surface area contributed by atoms with Gasteiger partial charge in [-0.05, 0) is 66.9 Å². The van der Waals surface area contributed by atoms with Crippen molar-refractivity contribution in [2.45, 2.75) is 39.1 Å². The molecule has 0 amide bonds. The number of rotatable bonds is 5. The molecular formula is C21H26F3NO3S. The second-order valence-electron chi connectivity index (χ2n) is 6.58. The van der Waals surface area contributed by atoms with Crippen LogP contribution in [0.15, 0.2) is 42.5 Å². The van der Waals surface area contributed by atoms with Crippen molar-refractivity contribution >= 4 is 10.1 Å². The molecule has 29 heavy (non-hydrogen) atoms. The SMILES string of the molecule is CCN(CC)CC.O=S(=O)(Oc1ccc2c(c1)CCc1ccccc1-2)C(F)(F)F. The Labute approximate surface area is 170 Å². The summed E-state index contributed by atoms with van der Waals surface area (Å²) in [6, 6.07) is 11.9. The van der Waals surface area contributed by atoms with E-state index in [0.29, 0.717) is 6.42 Å². The molecule has 0 saturated carbocycles. The zero-order chi connectivity index (χ0) is 21.7. The normalized spacial score (nSPS) is 13.2. The first-order chi connectivity index (χ1) is 13.6. The summed E-state index contributed by atoms with van der Waals surface area (Å²) in [5.74, 6) is -0.324. The number of alkyl halides is 3. The molecule has 3 rings (SSSR count). The van der Waals surface area contributed by atoms with E-state index in [0.717, 1.165) is 28.7 Å². The molecule has 2 aromatic carbocycles. The third kappa shape index (κ3) is 5.73. The summed E-state index contributed by atoms with van der Waals surface area (Å²) in [7, 11) is -5.64. The first-order valence-corrected chi connectivity index (χ1v) is 11.0. The Balaban J connectivity index is 0.000000370. The summed E-state index contributed by atoms with van der Waals surface area (Å²) < 4.78 is 63.3. The van der Waals surface area contributed by atoms with E-state index in [9.17, 15) is 21.6 Å². The van der Waals surface area contributed by atoms with E-state index in [-0.39, 0.29) is 5.75 Å². The highest BCUT2D eigenvalue weighted by molar-refractivity contribution is 7.88. The lowest BCUT2D eigenvalue weighted by Gasteiger charge is -2.20. The van der Waals surface area contributed by atoms with E-state index in [1.54, 1.807) is 6.07 Å². The molecule has 1 aliphatic rings. The summed E-state index contributed by atoms with van der Waals surface area (Å²) in [5, 5.41) is 0. The van der Waals surface area contributed by atoms with Crippen LogP contribution in [0.4, 0.5) is 13.2 Å². The fourth-order valence-electron chi connectivity index (χ4n) is 3.21. The molecule has 0 atom stereocenters. The van der Waals surface area contributed by atoms with Crippen LogP contribution in [0.1, 0.15) is 31.9 Å². The van der Waals surface area contributed by atoms with Gasteiger partial charge in [0.15, 0.2) is 0 Å². The molecule has 0 aliphatic heterocycles. The van der Waals surface area contributed by atoms with Gasteiger partial charge in [0.05, 0.1) is 0 Å². The minimum atomic E-state index is -5.64. The molecule has 4 nitrogen and oxygen atoms in total. The van der Waals surface area contributed by atoms with Gasteiger partial charge in [0.25, 0.3) is 0 Å². The molecule has 0 bridgehead atoms. The molecule has 2 aromatic rings. The van der Waals surface area contributed by atoms with Gasteiger partial charge in [-0.15, -0.1) is 0 Å². The van der Waals surface area contributed by atoms with Crippen LogP contribution in [-0.4, -0.2) is 38.5 Å². The molecule has 160 valence electrons. The number of halogens is 3. The van der Waals surface area contributed by atoms with Crippen LogP contribution < -0.4 is 4.18 Å². The fourth-order valence-corrected chi connectivity index (χ4v) is 3.66. The average molecular weight is 430 g/mol. The maximum atomic E-state index is 12.3. The predicted octanol–water partition coefficient (Wildman–Crippen LogP) is 5.03. The summed E-state index contributed by atoms with van der Waals surface area (Å²) in [4.78, 5) is 2.38. The number of fused-ring (bicyclic) bond motifs is 3. The Kier molecular flexibility index (Phi) is 7.71. The molecule has 1 aliphatic carbocycles. The number of nitrogens with zero attached hydrogens (tertiary/aromatic N) is 1. The third-order valence-electron chi connectivity index (χ3n) is 4.88. The molecule has 0 fully saturated rings. The van der Waals surface area contributed by atoms with Crippen LogP contribution in [0.3, 0.4) is 0 Å². The monoisotopic (exact) mass is 429 g/mol. The highest BCUT2D eigenvalue weighted by Crippen LogP contribution is 2.36. The van der Waals surface area contributed by atoms with Crippen LogP contribution in [-0.2, 0) is 23.0 Å². The summed E-state index contributed by atoms with van der Waals surface area (Å²) in [6.45, 7) is 10.1. The van der Waals surface area contributed by atoms with Crippen molar-refractivity contribution in [2.75, 3.05) is 19.6 Å². The molecule has 0 unspecified atom stereocenters. The first-order valence-electron chi connectivity index (χ1n) is 9.57. The van der Waals surface area contributed by atoms with Crippen molar-refractivity contribution in [1.29, 1.82) is 0 Å². The van der Waals surface area contributed by atoms with Crippen LogP contribution in [0.2, 0.25) is 0 Å². The largest absolute Gasteiger partial charge is 0.534 e. The summed E-state index contributed by atoms with van der Waals surface area (Å²) in [5.41, 5.74) is -1.61. The molecule has 0 spiro atoms. The Hall–Kier alpha value is -2.06. The van der Waals surface area contributed by atoms with Gasteiger partial charge in [0, 0.05) is 0 Å². The lowest BCUT2D eigenvalue weighted by Crippen LogP contribution is -2.28. The second-order valence-corrected chi connectivity index (χ2v) is 8.12. The third-order valence-corrected chi connectivity index (χ3v) is 5.86. The lowest BCUT2D eigenvalue weighted by molar-refractivity contribution is -0.0500. The topological polar surface area (TPSA) is 46.6 Å². The number of hydrogen-bond donors (Lipinski definition) is 0. The predicted molar refractivity (Wildman–Crippen MR) is 108 cm³/mol. The molecule has 0 heterocycles. The van der Waals surface area contributed by atoms with Gasteiger partial charge in [-0.1, -0.05) is 51.1 Å². The lowest BCUT2D eigenvalue weighted by atomic mass is 9.86. The van der Waals surface area contributed by atoms with Gasteiger partial charge in [-0.2, -0.15) is 21.6 Å². The van der Waals surface area contributed by atoms with Crippen LogP contribution in [0, 0.1) is 0 Å². The van der Waals surface area contributed by atoms with Gasteiger partial charge in [0.2, 0.25) is 0 Å². The van der Waals surface area contributed by atoms with Gasteiger partial charge in [-0.3, -0.25) is 0 Å². The number of benzene rings is 2. The maximum Gasteiger partial charge on any atom is 0.534 e. The summed E-state index contributed by atoms with van der Waals surface area (Å²) in [6.07, 6.45) is 1.37. The van der Waals surface area contributed by atoms with Crippen LogP contribution in [0.5, 0.6) is 5.75 Å². The standard InChI is InChI=1S/C15H11F3O3S.C6H15N/c16-15(17,18)22(19,20)21-12-7-8-14-11(9-12)6-5-10-3-1-2-4-13(10)14;1-4-7(5-2)6-3/h1-4,7-9H,5-6H2;4-6H2,1-3H3. The summed E-state index contributed by atoms with van der Waals surface area (Å²) >= 11 is 0. The molecule has 0 radical (unpaired) electrons. The highest BCUT2D eigenvalue weighted by atomic mass is 32.2. The van der Waals surface area contributed by atoms with Gasteiger partial charge < -0.3 is 9.08 Å². The Morgan fingerprint density at radius 1 is 0.897 bits per heavy atom. The van der Waals surface area contributed by atoms with Crippen molar-refractivity contribution in [2.24, 2.45) is 0 Å². The minimum Gasteiger partial charge on any atom is -0.376 e. The Morgan fingerprint density at radius 3 is 2.00 bits per heavy atom. The zero-order valence-corrected chi connectivity index (χ0v) is 17.6. The minimum absolute atomic E-state index is 0.324. The first kappa shape index (κ1) is 23.2. The molecule has 0 aromatic heterocycles. The maximum absolute atomic E-state index is 12.3. The van der Waals surface area contributed by atoms with E-state index in [1.807, 2.05) is 24.3 Å². The Morgan fingerprint density at radius 2 is 1.45 bits per heavy atom.